The zero-order chi connectivity index (χ0) is 39.7. The highest BCUT2D eigenvalue weighted by Gasteiger charge is 2.54. The number of nitrogens with zero attached hydrogens (tertiary/aromatic N) is 4. The van der Waals surface area contributed by atoms with Gasteiger partial charge in [0.1, 0.15) is 12.4 Å². The van der Waals surface area contributed by atoms with Gasteiger partial charge in [-0.3, -0.25) is 4.79 Å². The Labute approximate surface area is 313 Å². The number of urea groups is 1. The third-order valence-corrected chi connectivity index (χ3v) is 13.7. The van der Waals surface area contributed by atoms with Crippen LogP contribution in [0.25, 0.3) is 0 Å². The summed E-state index contributed by atoms with van der Waals surface area (Å²) in [6.45, 7) is 0.248. The first kappa shape index (κ1) is 44.5. The minimum Gasteiger partial charge on any atom is -0.394 e. The van der Waals surface area contributed by atoms with Crippen molar-refractivity contribution in [3.05, 3.63) is 0 Å². The number of carbonyl (C=O) groups excluding carboxylic acids is 2. The van der Waals surface area contributed by atoms with Crippen LogP contribution in [-0.2, 0) is 36.4 Å². The van der Waals surface area contributed by atoms with Crippen LogP contribution in [0, 0.1) is 0 Å². The van der Waals surface area contributed by atoms with Crippen LogP contribution in [0.1, 0.15) is 64.2 Å². The van der Waals surface area contributed by atoms with Crippen molar-refractivity contribution in [3.8, 4) is 0 Å². The number of nitrogens with one attached hydrogen (secondary N) is 3. The lowest BCUT2D eigenvalue weighted by molar-refractivity contribution is -0.121. The number of hydrogen-bond acceptors (Lipinski definition) is 18. The van der Waals surface area contributed by atoms with Gasteiger partial charge in [-0.05, 0) is 32.1 Å². The maximum Gasteiger partial charge on any atom is 0.490 e. The molecular formula is C26H45N8O16P3S. The van der Waals surface area contributed by atoms with Crippen molar-refractivity contribution in [2.24, 2.45) is 25.7 Å². The molecule has 0 bridgehead atoms. The number of rotatable bonds is 19. The lowest BCUT2D eigenvalue weighted by atomic mass is 9.99. The minimum absolute atomic E-state index is 0.0182. The van der Waals surface area contributed by atoms with Crippen molar-refractivity contribution in [2.45, 2.75) is 106 Å². The summed E-state index contributed by atoms with van der Waals surface area (Å²) in [5.74, 6) is 0.146. The molecule has 3 amide bonds. The Balaban J connectivity index is 0.000000631. The highest BCUT2D eigenvalue weighted by atomic mass is 32.2. The molecule has 5 heterocycles. The number of aliphatic hydroxyl groups excluding tert-OH is 3. The number of guanidine groups is 1. The summed E-state index contributed by atoms with van der Waals surface area (Å²) in [7, 11) is -17.0. The van der Waals surface area contributed by atoms with E-state index < -0.39 is 53.7 Å². The third kappa shape index (κ3) is 13.2. The summed E-state index contributed by atoms with van der Waals surface area (Å²) in [5, 5.41) is 35.2. The second-order valence-electron chi connectivity index (χ2n) is 12.5. The van der Waals surface area contributed by atoms with Gasteiger partial charge < -0.3 is 61.3 Å². The molecule has 28 heteroatoms. The van der Waals surface area contributed by atoms with E-state index in [1.165, 1.54) is 0 Å². The van der Waals surface area contributed by atoms with Gasteiger partial charge in [0.25, 0.3) is 5.72 Å². The second kappa shape index (κ2) is 19.3. The molecule has 306 valence electrons. The van der Waals surface area contributed by atoms with Crippen molar-refractivity contribution < 1.29 is 76.1 Å². The van der Waals surface area contributed by atoms with E-state index in [2.05, 4.69) is 49.3 Å². The van der Waals surface area contributed by atoms with Crippen molar-refractivity contribution in [2.75, 3.05) is 18.9 Å². The number of aliphatic hydroxyl groups is 3. The van der Waals surface area contributed by atoms with Crippen LogP contribution in [0.5, 0.6) is 0 Å². The Hall–Kier alpha value is -2.18. The van der Waals surface area contributed by atoms with Gasteiger partial charge in [-0.25, -0.2) is 38.0 Å². The monoisotopic (exact) mass is 850 g/mol. The van der Waals surface area contributed by atoms with Crippen LogP contribution >= 0.6 is 35.2 Å². The molecule has 0 saturated carbocycles. The minimum atomic E-state index is -5.78. The predicted octanol–water partition coefficient (Wildman–Crippen LogP) is -0.525. The number of fused-ring (bicyclic) bond motifs is 2. The molecule has 54 heavy (non-hydrogen) atoms. The molecule has 0 aromatic rings. The summed E-state index contributed by atoms with van der Waals surface area (Å²) in [6.07, 6.45) is 4.74. The average molecular weight is 851 g/mol. The Morgan fingerprint density at radius 2 is 1.80 bits per heavy atom. The summed E-state index contributed by atoms with van der Waals surface area (Å²) < 4.78 is 52.6. The standard InChI is InChI=1S/C21H35N8O12P3S.C5H10O4/c22-19-28-18-21(29-19,39-43(35,36)41-44(37,38)40-42(32,33)34)15(24-12-25-18)8-3-1-2-6-10-23-16(30)9-5-4-7-14-17-13(11-45-14)26-20(31)27-17;6-2-4-3(7)1-5(8)9-4/h12-14,17H,1-11H2,(H2,22,29)(H,23,30)(H,35,36)(H,37,38)(H2,26,27,31)(H2,32,33,34);3-8H,1-2H2/t13-,14-,17-,21?;3-,4+,5?/m00/s1. The zero-order valence-corrected chi connectivity index (χ0v) is 32.2. The quantitative estimate of drug-likeness (QED) is 0.0442. The number of amides is 3. The molecule has 9 atom stereocenters. The molecule has 4 unspecified atom stereocenters. The topological polar surface area (TPSA) is 375 Å². The highest BCUT2D eigenvalue weighted by molar-refractivity contribution is 8.00. The second-order valence-corrected chi connectivity index (χ2v) is 18.2. The fourth-order valence-electron chi connectivity index (χ4n) is 6.01. The first-order chi connectivity index (χ1) is 25.3. The molecule has 0 aromatic heterocycles. The van der Waals surface area contributed by atoms with Crippen molar-refractivity contribution >= 4 is 71.0 Å². The zero-order valence-electron chi connectivity index (χ0n) is 28.7. The molecule has 0 aliphatic carbocycles. The predicted molar refractivity (Wildman–Crippen MR) is 191 cm³/mol. The van der Waals surface area contributed by atoms with Gasteiger partial charge in [-0.1, -0.05) is 19.3 Å². The average Bonchev–Trinajstić information content (AvgIpc) is 3.78. The molecule has 3 fully saturated rings. The van der Waals surface area contributed by atoms with Gasteiger partial charge in [0, 0.05) is 30.4 Å². The maximum atomic E-state index is 12.6. The van der Waals surface area contributed by atoms with E-state index in [9.17, 15) is 33.1 Å². The Bertz CT molecular complexity index is 1630. The number of carbonyl (C=O) groups is 2. The summed E-state index contributed by atoms with van der Waals surface area (Å²) in [6, 6.07) is 0.226. The van der Waals surface area contributed by atoms with Gasteiger partial charge in [0.2, 0.25) is 11.9 Å². The summed E-state index contributed by atoms with van der Waals surface area (Å²) in [4.78, 5) is 76.4. The van der Waals surface area contributed by atoms with Gasteiger partial charge in [-0.15, -0.1) is 0 Å². The first-order valence-electron chi connectivity index (χ1n) is 16.8. The van der Waals surface area contributed by atoms with E-state index in [1.54, 1.807) is 0 Å². The van der Waals surface area contributed by atoms with Crippen molar-refractivity contribution in [1.82, 2.24) is 16.0 Å². The Morgan fingerprint density at radius 3 is 2.46 bits per heavy atom. The van der Waals surface area contributed by atoms with Gasteiger partial charge >= 0.3 is 29.5 Å². The van der Waals surface area contributed by atoms with E-state index in [0.29, 0.717) is 37.5 Å². The lowest BCUT2D eigenvalue weighted by Crippen LogP contribution is -2.46. The van der Waals surface area contributed by atoms with Crippen molar-refractivity contribution in [3.63, 3.8) is 0 Å². The normalized spacial score (nSPS) is 30.7. The van der Waals surface area contributed by atoms with E-state index in [0.717, 1.165) is 37.8 Å². The first-order valence-corrected chi connectivity index (χ1v) is 22.3. The van der Waals surface area contributed by atoms with Crippen LogP contribution in [-0.4, -0.2) is 131 Å². The molecule has 0 spiro atoms. The van der Waals surface area contributed by atoms with Crippen molar-refractivity contribution in [1.29, 1.82) is 0 Å². The van der Waals surface area contributed by atoms with E-state index in [-0.39, 0.29) is 55.0 Å². The third-order valence-electron chi connectivity index (χ3n) is 8.37. The number of phosphoric ester groups is 1. The fraction of sp³-hybridized carbons (Fsp3) is 0.769. The SMILES string of the molecule is NC1=NC2(OP(=O)(O)OP(=O)(O)OP(=O)(O)O)C(CCCCCCNC(=O)CCCC[C@@H]3SC[C@@H]4NC(=O)N[C@@H]43)=NC=NC2=N1.OC[C@H]1OC(O)C[C@@H]1O. The molecule has 24 nitrogen and oxygen atoms in total. The van der Waals surface area contributed by atoms with Gasteiger partial charge in [-0.2, -0.15) is 25.4 Å². The maximum absolute atomic E-state index is 12.6. The van der Waals surface area contributed by atoms with Crippen LogP contribution in [0.4, 0.5) is 4.79 Å². The highest BCUT2D eigenvalue weighted by Crippen LogP contribution is 2.67. The lowest BCUT2D eigenvalue weighted by Gasteiger charge is -2.30. The molecule has 3 saturated heterocycles. The van der Waals surface area contributed by atoms with Crippen LogP contribution in [0.15, 0.2) is 20.0 Å². The van der Waals surface area contributed by atoms with Crippen LogP contribution in [0.3, 0.4) is 0 Å². The molecule has 0 aromatic carbocycles. The number of amidine groups is 1. The Morgan fingerprint density at radius 1 is 1.06 bits per heavy atom. The summed E-state index contributed by atoms with van der Waals surface area (Å²) >= 11 is 1.84. The number of nitrogens with two attached hydrogens (primary N) is 1. The number of phosphoric acid groups is 3. The molecule has 5 aliphatic rings. The largest absolute Gasteiger partial charge is 0.490 e. The van der Waals surface area contributed by atoms with E-state index in [1.807, 2.05) is 11.8 Å². The fourth-order valence-corrected chi connectivity index (χ4v) is 10.8. The Kier molecular flexibility index (Phi) is 15.9. The van der Waals surface area contributed by atoms with Crippen LogP contribution < -0.4 is 21.7 Å². The van der Waals surface area contributed by atoms with E-state index >= 15 is 0 Å². The van der Waals surface area contributed by atoms with Gasteiger partial charge in [0.05, 0.1) is 30.5 Å². The molecule has 5 aliphatic heterocycles. The number of aliphatic imine (C=N–C) groups is 4. The van der Waals surface area contributed by atoms with Gasteiger partial charge in [0.15, 0.2) is 12.1 Å². The molecule has 12 N–H and O–H groups in total. The van der Waals surface area contributed by atoms with E-state index in [4.69, 9.17) is 35.4 Å². The number of hydrogen-bond donors (Lipinski definition) is 11. The van der Waals surface area contributed by atoms with Crippen LogP contribution in [0.2, 0.25) is 0 Å². The molecule has 0 radical (unpaired) electrons. The number of unbranched alkanes of at least 4 members (excludes halogenated alkanes) is 4. The number of ether oxygens (including phenoxy) is 1. The molecular weight excluding hydrogens is 805 g/mol. The molecule has 5 rings (SSSR count). The summed E-state index contributed by atoms with van der Waals surface area (Å²) in [5.41, 5.74) is 3.38. The smallest absolute Gasteiger partial charge is 0.394 e. The number of thioether (sulfide) groups is 1.